The summed E-state index contributed by atoms with van der Waals surface area (Å²) in [7, 11) is -1.96. The molecule has 0 atom stereocenters. The molecule has 0 unspecified atom stereocenters. The predicted octanol–water partition coefficient (Wildman–Crippen LogP) is 3.19. The third-order valence-corrected chi connectivity index (χ3v) is 5.66. The summed E-state index contributed by atoms with van der Waals surface area (Å²) in [6.45, 7) is 1.61. The average Bonchev–Trinajstić information content (AvgIpc) is 2.54. The normalized spacial score (nSPS) is 11.2. The number of hydrogen-bond acceptors (Lipinski definition) is 3. The van der Waals surface area contributed by atoms with Gasteiger partial charge in [0.15, 0.2) is 0 Å². The fourth-order valence-electron chi connectivity index (χ4n) is 2.21. The number of rotatable bonds is 5. The molecule has 5 nitrogen and oxygen atoms in total. The molecule has 0 N–H and O–H groups in total. The second-order valence-corrected chi connectivity index (χ2v) is 8.25. The zero-order chi connectivity index (χ0) is 17.9. The highest BCUT2D eigenvalue weighted by Gasteiger charge is 2.23. The largest absolute Gasteiger partial charge is 0.314 e. The van der Waals surface area contributed by atoms with Crippen molar-refractivity contribution >= 4 is 43.2 Å². The van der Waals surface area contributed by atoms with Gasteiger partial charge in [0.05, 0.1) is 11.9 Å². The van der Waals surface area contributed by atoms with Crippen LogP contribution < -0.4 is 9.21 Å². The van der Waals surface area contributed by atoms with Gasteiger partial charge >= 0.3 is 0 Å². The van der Waals surface area contributed by atoms with E-state index in [1.165, 1.54) is 4.90 Å². The van der Waals surface area contributed by atoms with Gasteiger partial charge in [-0.15, -0.1) is 0 Å². The third kappa shape index (κ3) is 4.36. The third-order valence-electron chi connectivity index (χ3n) is 3.63. The smallest absolute Gasteiger partial charge is 0.247 e. The molecule has 7 heteroatoms. The number of benzene rings is 2. The van der Waals surface area contributed by atoms with Crippen molar-refractivity contribution in [3.63, 3.8) is 0 Å². The van der Waals surface area contributed by atoms with Crippen molar-refractivity contribution in [1.29, 1.82) is 0 Å². The van der Waals surface area contributed by atoms with E-state index < -0.39 is 10.0 Å². The second kappa shape index (κ2) is 7.36. The van der Waals surface area contributed by atoms with Gasteiger partial charge in [-0.2, -0.15) is 0 Å². The number of amides is 1. The summed E-state index contributed by atoms with van der Waals surface area (Å²) in [6.07, 6.45) is 1.10. The van der Waals surface area contributed by atoms with Crippen molar-refractivity contribution in [2.45, 2.75) is 6.92 Å². The Hall–Kier alpha value is -1.86. The summed E-state index contributed by atoms with van der Waals surface area (Å²) in [5.74, 6) is -0.313. The summed E-state index contributed by atoms with van der Waals surface area (Å²) < 4.78 is 26.3. The Labute approximate surface area is 151 Å². The van der Waals surface area contributed by atoms with E-state index in [1.807, 2.05) is 25.1 Å². The van der Waals surface area contributed by atoms with Crippen LogP contribution >= 0.6 is 15.9 Å². The molecule has 2 aromatic carbocycles. The van der Waals surface area contributed by atoms with Crippen LogP contribution in [0, 0.1) is 6.92 Å². The molecular formula is C17H19BrN2O3S. The molecule has 0 heterocycles. The van der Waals surface area contributed by atoms with Crippen molar-refractivity contribution in [2.75, 3.05) is 29.1 Å². The molecule has 1 amide bonds. The summed E-state index contributed by atoms with van der Waals surface area (Å²) in [5.41, 5.74) is 2.07. The van der Waals surface area contributed by atoms with Crippen LogP contribution in [0.4, 0.5) is 11.4 Å². The first-order valence-corrected chi connectivity index (χ1v) is 9.90. The molecule has 128 valence electrons. The molecule has 0 bridgehead atoms. The number of anilines is 2. The monoisotopic (exact) mass is 410 g/mol. The summed E-state index contributed by atoms with van der Waals surface area (Å²) in [5, 5.41) is 0. The van der Waals surface area contributed by atoms with Crippen LogP contribution in [-0.4, -0.2) is 34.2 Å². The lowest BCUT2D eigenvalue weighted by Crippen LogP contribution is -2.41. The van der Waals surface area contributed by atoms with Crippen LogP contribution in [0.3, 0.4) is 0 Å². The first-order valence-electron chi connectivity index (χ1n) is 7.25. The van der Waals surface area contributed by atoms with Gasteiger partial charge in [-0.1, -0.05) is 34.1 Å². The Balaban J connectivity index is 2.30. The Morgan fingerprint density at radius 1 is 1.08 bits per heavy atom. The minimum Gasteiger partial charge on any atom is -0.314 e. The topological polar surface area (TPSA) is 57.7 Å². The molecule has 0 aliphatic carbocycles. The summed E-state index contributed by atoms with van der Waals surface area (Å²) >= 11 is 3.39. The second-order valence-electron chi connectivity index (χ2n) is 5.49. The fourth-order valence-corrected chi connectivity index (χ4v) is 3.30. The standard InChI is InChI=1S/C17H19BrN2O3S/c1-13-11-15(9-10-16(13)18)20(24(3,22)23)12-17(21)19(2)14-7-5-4-6-8-14/h4-11H,12H2,1-3H3. The minimum absolute atomic E-state index is 0.259. The molecule has 0 spiro atoms. The van der Waals surface area contributed by atoms with Gasteiger partial charge in [0.2, 0.25) is 15.9 Å². The first kappa shape index (κ1) is 18.5. The molecule has 2 aromatic rings. The number of nitrogens with zero attached hydrogens (tertiary/aromatic N) is 2. The number of carbonyl (C=O) groups is 1. The molecule has 0 aromatic heterocycles. The van der Waals surface area contributed by atoms with Crippen molar-refractivity contribution in [3.05, 3.63) is 58.6 Å². The average molecular weight is 411 g/mol. The maximum Gasteiger partial charge on any atom is 0.247 e. The van der Waals surface area contributed by atoms with Gasteiger partial charge in [-0.05, 0) is 42.8 Å². The highest BCUT2D eigenvalue weighted by Crippen LogP contribution is 2.25. The van der Waals surface area contributed by atoms with Crippen LogP contribution in [-0.2, 0) is 14.8 Å². The van der Waals surface area contributed by atoms with E-state index in [2.05, 4.69) is 15.9 Å². The zero-order valence-corrected chi connectivity index (χ0v) is 16.1. The van der Waals surface area contributed by atoms with Gasteiger partial charge in [0.25, 0.3) is 0 Å². The Bertz CT molecular complexity index is 838. The first-order chi connectivity index (χ1) is 11.2. The molecule has 2 rings (SSSR count). The van der Waals surface area contributed by atoms with Crippen molar-refractivity contribution in [2.24, 2.45) is 0 Å². The Morgan fingerprint density at radius 3 is 2.25 bits per heavy atom. The number of carbonyl (C=O) groups excluding carboxylic acids is 1. The minimum atomic E-state index is -3.59. The molecule has 0 aliphatic rings. The van der Waals surface area contributed by atoms with Crippen molar-refractivity contribution in [3.8, 4) is 0 Å². The number of halogens is 1. The van der Waals surface area contributed by atoms with Gasteiger partial charge < -0.3 is 4.90 Å². The Morgan fingerprint density at radius 2 is 1.71 bits per heavy atom. The zero-order valence-electron chi connectivity index (χ0n) is 13.7. The number of aryl methyl sites for hydroxylation is 1. The number of hydrogen-bond donors (Lipinski definition) is 0. The van der Waals surface area contributed by atoms with E-state index in [-0.39, 0.29) is 12.5 Å². The molecule has 0 saturated heterocycles. The molecule has 0 radical (unpaired) electrons. The van der Waals surface area contributed by atoms with Gasteiger partial charge in [-0.3, -0.25) is 9.10 Å². The van der Waals surface area contributed by atoms with Crippen molar-refractivity contribution in [1.82, 2.24) is 0 Å². The molecule has 0 saturated carbocycles. The van der Waals surface area contributed by atoms with E-state index in [9.17, 15) is 13.2 Å². The van der Waals surface area contributed by atoms with E-state index in [4.69, 9.17) is 0 Å². The lowest BCUT2D eigenvalue weighted by molar-refractivity contribution is -0.116. The summed E-state index contributed by atoms with van der Waals surface area (Å²) in [6, 6.07) is 14.3. The maximum absolute atomic E-state index is 12.5. The van der Waals surface area contributed by atoms with E-state index in [1.54, 1.807) is 37.4 Å². The maximum atomic E-state index is 12.5. The quantitative estimate of drug-likeness (QED) is 0.760. The SMILES string of the molecule is Cc1cc(N(CC(=O)N(C)c2ccccc2)S(C)(=O)=O)ccc1Br. The predicted molar refractivity (Wildman–Crippen MR) is 101 cm³/mol. The van der Waals surface area contributed by atoms with Gasteiger partial charge in [0, 0.05) is 17.2 Å². The van der Waals surface area contributed by atoms with E-state index >= 15 is 0 Å². The lowest BCUT2D eigenvalue weighted by atomic mass is 10.2. The molecule has 24 heavy (non-hydrogen) atoms. The van der Waals surface area contributed by atoms with Crippen LogP contribution in [0.25, 0.3) is 0 Å². The van der Waals surface area contributed by atoms with Crippen LogP contribution in [0.1, 0.15) is 5.56 Å². The lowest BCUT2D eigenvalue weighted by Gasteiger charge is -2.25. The number of likely N-dealkylation sites (N-methyl/N-ethyl adjacent to an activating group) is 1. The van der Waals surface area contributed by atoms with Crippen LogP contribution in [0.15, 0.2) is 53.0 Å². The van der Waals surface area contributed by atoms with E-state index in [0.29, 0.717) is 11.4 Å². The van der Waals surface area contributed by atoms with Crippen LogP contribution in [0.5, 0.6) is 0 Å². The van der Waals surface area contributed by atoms with Gasteiger partial charge in [-0.25, -0.2) is 8.42 Å². The Kier molecular flexibility index (Phi) is 5.66. The number of sulfonamides is 1. The van der Waals surface area contributed by atoms with Gasteiger partial charge in [0.1, 0.15) is 6.54 Å². The molecule has 0 aliphatic heterocycles. The molecule has 0 fully saturated rings. The highest BCUT2D eigenvalue weighted by atomic mass is 79.9. The van der Waals surface area contributed by atoms with E-state index in [0.717, 1.165) is 20.6 Å². The van der Waals surface area contributed by atoms with Crippen LogP contribution in [0.2, 0.25) is 0 Å². The highest BCUT2D eigenvalue weighted by molar-refractivity contribution is 9.10. The number of para-hydroxylation sites is 1. The van der Waals surface area contributed by atoms with Crippen molar-refractivity contribution < 1.29 is 13.2 Å². The summed E-state index contributed by atoms with van der Waals surface area (Å²) in [4.78, 5) is 14.0. The molecular weight excluding hydrogens is 392 g/mol. The fraction of sp³-hybridized carbons (Fsp3) is 0.235.